The van der Waals surface area contributed by atoms with Gasteiger partial charge >= 0.3 is 0 Å². The topological polar surface area (TPSA) is 17.1 Å². The molecule has 68 valence electrons. The predicted octanol–water partition coefficient (Wildman–Crippen LogP) is 2.92. The maximum Gasteiger partial charge on any atom is 0.159 e. The summed E-state index contributed by atoms with van der Waals surface area (Å²) in [4.78, 5) is 10.6. The van der Waals surface area contributed by atoms with E-state index in [9.17, 15) is 4.79 Å². The Morgan fingerprint density at radius 2 is 1.54 bits per heavy atom. The van der Waals surface area contributed by atoms with Crippen LogP contribution in [0.5, 0.6) is 0 Å². The fourth-order valence-electron chi connectivity index (χ4n) is 0.673. The average molecular weight is 174 g/mol. The van der Waals surface area contributed by atoms with E-state index < -0.39 is 0 Å². The Kier molecular flexibility index (Phi) is 6.27. The smallest absolute Gasteiger partial charge is 0.159 e. The Bertz CT molecular complexity index is 295. The average Bonchev–Trinajstić information content (AvgIpc) is 2.19. The van der Waals surface area contributed by atoms with Gasteiger partial charge in [-0.3, -0.25) is 4.79 Å². The Balaban J connectivity index is 0.000000310. The highest BCUT2D eigenvalue weighted by Gasteiger charge is 1.92. The van der Waals surface area contributed by atoms with Gasteiger partial charge in [0.2, 0.25) is 0 Å². The Morgan fingerprint density at radius 1 is 1.08 bits per heavy atom. The fourth-order valence-corrected chi connectivity index (χ4v) is 0.673. The zero-order valence-corrected chi connectivity index (χ0v) is 8.29. The van der Waals surface area contributed by atoms with Crippen LogP contribution in [0.1, 0.15) is 31.1 Å². The van der Waals surface area contributed by atoms with Crippen LogP contribution in [0.2, 0.25) is 0 Å². The van der Waals surface area contributed by atoms with Gasteiger partial charge in [-0.15, -0.1) is 11.8 Å². The van der Waals surface area contributed by atoms with Crippen LogP contribution in [0.3, 0.4) is 0 Å². The number of benzene rings is 1. The minimum atomic E-state index is 0.121. The van der Waals surface area contributed by atoms with Crippen molar-refractivity contribution in [3.05, 3.63) is 35.9 Å². The molecule has 0 N–H and O–H groups in total. The van der Waals surface area contributed by atoms with Gasteiger partial charge in [0.25, 0.3) is 0 Å². The number of carbonyl (C=O) groups is 1. The lowest BCUT2D eigenvalue weighted by Crippen LogP contribution is -1.88. The summed E-state index contributed by atoms with van der Waals surface area (Å²) in [7, 11) is 0. The second kappa shape index (κ2) is 7.12. The van der Waals surface area contributed by atoms with Crippen LogP contribution in [0.4, 0.5) is 0 Å². The molecular weight excluding hydrogens is 160 g/mol. The van der Waals surface area contributed by atoms with E-state index in [0.29, 0.717) is 0 Å². The SMILES string of the molecule is CC#CC.CC(=O)c1ccccc1. The van der Waals surface area contributed by atoms with Crippen molar-refractivity contribution < 1.29 is 4.79 Å². The maximum atomic E-state index is 10.6. The number of rotatable bonds is 1. The molecule has 0 aliphatic rings. The molecule has 0 saturated heterocycles. The summed E-state index contributed by atoms with van der Waals surface area (Å²) in [6, 6.07) is 9.23. The number of Topliss-reactive ketones (excluding diaryl/α,β-unsaturated/α-hetero) is 1. The van der Waals surface area contributed by atoms with Crippen molar-refractivity contribution in [2.45, 2.75) is 20.8 Å². The summed E-state index contributed by atoms with van der Waals surface area (Å²) < 4.78 is 0. The van der Waals surface area contributed by atoms with E-state index in [1.165, 1.54) is 0 Å². The van der Waals surface area contributed by atoms with Crippen LogP contribution in [0, 0.1) is 11.8 Å². The zero-order chi connectivity index (χ0) is 10.1. The van der Waals surface area contributed by atoms with Crippen molar-refractivity contribution in [3.8, 4) is 11.8 Å². The fraction of sp³-hybridized carbons (Fsp3) is 0.250. The molecule has 0 aromatic heterocycles. The van der Waals surface area contributed by atoms with Crippen molar-refractivity contribution in [2.75, 3.05) is 0 Å². The first-order valence-corrected chi connectivity index (χ1v) is 4.11. The standard InChI is InChI=1S/C8H8O.C4H6/c1-7(9)8-5-3-2-4-6-8;1-3-4-2/h2-6H,1H3;1-2H3. The Morgan fingerprint density at radius 3 is 1.77 bits per heavy atom. The highest BCUT2D eigenvalue weighted by molar-refractivity contribution is 5.93. The summed E-state index contributed by atoms with van der Waals surface area (Å²) in [5.41, 5.74) is 0.775. The summed E-state index contributed by atoms with van der Waals surface area (Å²) >= 11 is 0. The van der Waals surface area contributed by atoms with Gasteiger partial charge in [-0.25, -0.2) is 0 Å². The second-order valence-electron chi connectivity index (χ2n) is 2.42. The molecule has 0 aliphatic carbocycles. The minimum Gasteiger partial charge on any atom is -0.295 e. The summed E-state index contributed by atoms with van der Waals surface area (Å²) in [5.74, 6) is 5.48. The van der Waals surface area contributed by atoms with E-state index >= 15 is 0 Å². The zero-order valence-electron chi connectivity index (χ0n) is 8.29. The molecule has 0 radical (unpaired) electrons. The molecule has 1 aromatic rings. The van der Waals surface area contributed by atoms with E-state index in [0.717, 1.165) is 5.56 Å². The second-order valence-corrected chi connectivity index (χ2v) is 2.42. The van der Waals surface area contributed by atoms with E-state index in [1.54, 1.807) is 6.92 Å². The maximum absolute atomic E-state index is 10.6. The lowest BCUT2D eigenvalue weighted by molar-refractivity contribution is 0.101. The van der Waals surface area contributed by atoms with E-state index in [2.05, 4.69) is 11.8 Å². The molecular formula is C12H14O. The highest BCUT2D eigenvalue weighted by atomic mass is 16.1. The van der Waals surface area contributed by atoms with Crippen molar-refractivity contribution in [1.82, 2.24) is 0 Å². The van der Waals surface area contributed by atoms with Crippen LogP contribution < -0.4 is 0 Å². The molecule has 1 nitrogen and oxygen atoms in total. The molecule has 0 fully saturated rings. The van der Waals surface area contributed by atoms with E-state index in [1.807, 2.05) is 44.2 Å². The van der Waals surface area contributed by atoms with Gasteiger partial charge in [-0.05, 0) is 20.8 Å². The molecule has 1 heteroatoms. The monoisotopic (exact) mass is 174 g/mol. The number of hydrogen-bond acceptors (Lipinski definition) is 1. The van der Waals surface area contributed by atoms with Crippen molar-refractivity contribution in [2.24, 2.45) is 0 Å². The number of hydrogen-bond donors (Lipinski definition) is 0. The molecule has 0 heterocycles. The third-order valence-corrected chi connectivity index (χ3v) is 1.43. The van der Waals surface area contributed by atoms with Gasteiger partial charge in [0.05, 0.1) is 0 Å². The van der Waals surface area contributed by atoms with Crippen LogP contribution in [0.15, 0.2) is 30.3 Å². The summed E-state index contributed by atoms with van der Waals surface area (Å²) in [5, 5.41) is 0. The van der Waals surface area contributed by atoms with Crippen LogP contribution in [0.25, 0.3) is 0 Å². The summed E-state index contributed by atoms with van der Waals surface area (Å²) in [6.07, 6.45) is 0. The molecule has 13 heavy (non-hydrogen) atoms. The lowest BCUT2D eigenvalue weighted by atomic mass is 10.2. The lowest BCUT2D eigenvalue weighted by Gasteiger charge is -1.89. The van der Waals surface area contributed by atoms with Crippen LogP contribution >= 0.6 is 0 Å². The van der Waals surface area contributed by atoms with Gasteiger partial charge in [0.15, 0.2) is 5.78 Å². The largest absolute Gasteiger partial charge is 0.295 e. The van der Waals surface area contributed by atoms with Crippen molar-refractivity contribution >= 4 is 5.78 Å². The highest BCUT2D eigenvalue weighted by Crippen LogP contribution is 1.97. The quantitative estimate of drug-likeness (QED) is 0.472. The molecule has 0 aliphatic heterocycles. The van der Waals surface area contributed by atoms with Gasteiger partial charge in [-0.1, -0.05) is 30.3 Å². The van der Waals surface area contributed by atoms with Crippen molar-refractivity contribution in [1.29, 1.82) is 0 Å². The Labute approximate surface area is 79.8 Å². The van der Waals surface area contributed by atoms with E-state index in [4.69, 9.17) is 0 Å². The first-order valence-electron chi connectivity index (χ1n) is 4.11. The van der Waals surface area contributed by atoms with Crippen LogP contribution in [-0.4, -0.2) is 5.78 Å². The molecule has 0 unspecified atom stereocenters. The number of carbonyl (C=O) groups excluding carboxylic acids is 1. The van der Waals surface area contributed by atoms with Gasteiger partial charge < -0.3 is 0 Å². The third kappa shape index (κ3) is 5.69. The number of ketones is 1. The Hall–Kier alpha value is -1.55. The molecule has 0 amide bonds. The minimum absolute atomic E-state index is 0.121. The van der Waals surface area contributed by atoms with Gasteiger partial charge in [0.1, 0.15) is 0 Å². The molecule has 0 saturated carbocycles. The molecule has 1 rings (SSSR count). The van der Waals surface area contributed by atoms with Crippen molar-refractivity contribution in [3.63, 3.8) is 0 Å². The van der Waals surface area contributed by atoms with E-state index in [-0.39, 0.29) is 5.78 Å². The first kappa shape index (κ1) is 11.4. The van der Waals surface area contributed by atoms with Crippen LogP contribution in [-0.2, 0) is 0 Å². The molecule has 1 aromatic carbocycles. The van der Waals surface area contributed by atoms with Gasteiger partial charge in [-0.2, -0.15) is 0 Å². The summed E-state index contributed by atoms with van der Waals surface area (Å²) in [6.45, 7) is 5.20. The molecule has 0 bridgehead atoms. The third-order valence-electron chi connectivity index (χ3n) is 1.43. The van der Waals surface area contributed by atoms with Gasteiger partial charge in [0, 0.05) is 5.56 Å². The normalized spacial score (nSPS) is 7.31. The molecule has 0 atom stereocenters. The molecule has 0 spiro atoms. The predicted molar refractivity (Wildman–Crippen MR) is 55.6 cm³/mol. The first-order chi connectivity index (χ1) is 6.22.